The first kappa shape index (κ1) is 14.0. The molecule has 1 unspecified atom stereocenters. The van der Waals surface area contributed by atoms with Crippen molar-refractivity contribution in [2.75, 3.05) is 13.1 Å². The molecule has 4 nitrogen and oxygen atoms in total. The third-order valence-electron chi connectivity index (χ3n) is 3.42. The summed E-state index contributed by atoms with van der Waals surface area (Å²) in [6.07, 6.45) is 1.15. The van der Waals surface area contributed by atoms with Crippen LogP contribution in [0.5, 0.6) is 0 Å². The third-order valence-corrected chi connectivity index (χ3v) is 5.25. The normalized spacial score (nSPS) is 20.7. The molecule has 1 aromatic rings. The molecule has 0 spiro atoms. The zero-order chi connectivity index (χ0) is 14.0. The number of nitrogens with zero attached hydrogens (tertiary/aromatic N) is 1. The molecule has 102 valence electrons. The average molecular weight is 279 g/mol. The maximum atomic E-state index is 12.4. The first-order chi connectivity index (χ1) is 8.95. The van der Waals surface area contributed by atoms with E-state index in [2.05, 4.69) is 6.58 Å². The average Bonchev–Trinajstić information content (AvgIpc) is 2.73. The summed E-state index contributed by atoms with van der Waals surface area (Å²) in [6.45, 7) is 6.41. The first-order valence-corrected chi connectivity index (χ1v) is 7.57. The molecule has 0 amide bonds. The summed E-state index contributed by atoms with van der Waals surface area (Å²) in [5, 5.41) is 0. The minimum atomic E-state index is -3.48. The number of aryl methyl sites for hydroxylation is 1. The molecular weight excluding hydrogens is 262 g/mol. The van der Waals surface area contributed by atoms with Crippen molar-refractivity contribution in [3.8, 4) is 0 Å². The molecule has 0 radical (unpaired) electrons. The van der Waals surface area contributed by atoms with Crippen molar-refractivity contribution >= 4 is 16.3 Å². The number of hydrogen-bond donors (Lipinski definition) is 0. The highest BCUT2D eigenvalue weighted by atomic mass is 32.2. The van der Waals surface area contributed by atoms with Gasteiger partial charge in [-0.05, 0) is 19.1 Å². The van der Waals surface area contributed by atoms with Gasteiger partial charge in [0.2, 0.25) is 10.0 Å². The van der Waals surface area contributed by atoms with Gasteiger partial charge >= 0.3 is 0 Å². The Labute approximate surface area is 113 Å². The maximum absolute atomic E-state index is 12.4. The van der Waals surface area contributed by atoms with Crippen molar-refractivity contribution in [2.45, 2.75) is 18.2 Å². The Balaban J connectivity index is 2.24. The first-order valence-electron chi connectivity index (χ1n) is 6.13. The molecular formula is C14H17NO3S. The van der Waals surface area contributed by atoms with Crippen molar-refractivity contribution < 1.29 is 13.2 Å². The quantitative estimate of drug-likeness (QED) is 0.623. The van der Waals surface area contributed by atoms with Gasteiger partial charge in [-0.3, -0.25) is 0 Å². The molecule has 0 bridgehead atoms. The minimum Gasteiger partial charge on any atom is -0.303 e. The third kappa shape index (κ3) is 2.77. The van der Waals surface area contributed by atoms with Gasteiger partial charge in [-0.2, -0.15) is 4.31 Å². The highest BCUT2D eigenvalue weighted by Crippen LogP contribution is 2.28. The molecule has 0 saturated carbocycles. The van der Waals surface area contributed by atoms with Crippen molar-refractivity contribution in [1.29, 1.82) is 0 Å². The topological polar surface area (TPSA) is 54.5 Å². The van der Waals surface area contributed by atoms with Crippen LogP contribution in [-0.2, 0) is 14.8 Å². The molecule has 0 aliphatic carbocycles. The van der Waals surface area contributed by atoms with Gasteiger partial charge in [0, 0.05) is 25.4 Å². The summed E-state index contributed by atoms with van der Waals surface area (Å²) in [7, 11) is -3.48. The Morgan fingerprint density at radius 1 is 1.37 bits per heavy atom. The monoisotopic (exact) mass is 279 g/mol. The Hall–Kier alpha value is -1.46. The molecule has 1 atom stereocenters. The molecule has 1 aromatic carbocycles. The van der Waals surface area contributed by atoms with Crippen LogP contribution in [0.15, 0.2) is 41.3 Å². The van der Waals surface area contributed by atoms with Crippen molar-refractivity contribution in [3.63, 3.8) is 0 Å². The zero-order valence-corrected chi connectivity index (χ0v) is 11.7. The molecule has 1 fully saturated rings. The zero-order valence-electron chi connectivity index (χ0n) is 10.9. The lowest BCUT2D eigenvalue weighted by Crippen LogP contribution is -2.29. The second kappa shape index (κ2) is 5.27. The van der Waals surface area contributed by atoms with Gasteiger partial charge in [-0.15, -0.1) is 0 Å². The van der Waals surface area contributed by atoms with Crippen LogP contribution in [0.2, 0.25) is 0 Å². The van der Waals surface area contributed by atoms with E-state index < -0.39 is 10.0 Å². The van der Waals surface area contributed by atoms with E-state index in [-0.39, 0.29) is 10.8 Å². The van der Waals surface area contributed by atoms with Gasteiger partial charge in [0.15, 0.2) is 0 Å². The van der Waals surface area contributed by atoms with E-state index in [0.717, 1.165) is 17.4 Å². The number of rotatable bonds is 4. The van der Waals surface area contributed by atoms with Crippen LogP contribution in [0.3, 0.4) is 0 Å². The van der Waals surface area contributed by atoms with E-state index >= 15 is 0 Å². The number of hydrogen-bond acceptors (Lipinski definition) is 3. The SMILES string of the molecule is C=C1CN(S(=O)(=O)c2ccc(C)cc2)CC1CC=O. The van der Waals surface area contributed by atoms with Crippen LogP contribution in [-0.4, -0.2) is 32.1 Å². The number of carbonyl (C=O) groups excluding carboxylic acids is 1. The van der Waals surface area contributed by atoms with Crippen LogP contribution in [0.4, 0.5) is 0 Å². The van der Waals surface area contributed by atoms with Crippen LogP contribution >= 0.6 is 0 Å². The van der Waals surface area contributed by atoms with Crippen LogP contribution in [0.25, 0.3) is 0 Å². The van der Waals surface area contributed by atoms with Crippen molar-refractivity contribution in [1.82, 2.24) is 4.31 Å². The Morgan fingerprint density at radius 3 is 2.58 bits per heavy atom. The molecule has 1 aliphatic heterocycles. The minimum absolute atomic E-state index is 0.0577. The summed E-state index contributed by atoms with van der Waals surface area (Å²) in [6, 6.07) is 6.78. The molecule has 0 N–H and O–H groups in total. The number of sulfonamides is 1. The smallest absolute Gasteiger partial charge is 0.243 e. The molecule has 5 heteroatoms. The summed E-state index contributed by atoms with van der Waals surface area (Å²) >= 11 is 0. The number of aldehydes is 1. The summed E-state index contributed by atoms with van der Waals surface area (Å²) in [5.74, 6) is -0.0577. The number of benzene rings is 1. The largest absolute Gasteiger partial charge is 0.303 e. The van der Waals surface area contributed by atoms with E-state index in [0.29, 0.717) is 19.5 Å². The summed E-state index contributed by atoms with van der Waals surface area (Å²) in [5.41, 5.74) is 1.83. The Bertz CT molecular complexity index is 590. The second-order valence-electron chi connectivity index (χ2n) is 4.87. The molecule has 19 heavy (non-hydrogen) atoms. The van der Waals surface area contributed by atoms with E-state index in [4.69, 9.17) is 0 Å². The second-order valence-corrected chi connectivity index (χ2v) is 6.81. The standard InChI is InChI=1S/C14H17NO3S/c1-11-3-5-14(6-4-11)19(17,18)15-9-12(2)13(10-15)7-8-16/h3-6,8,13H,2,7,9-10H2,1H3. The molecule has 1 saturated heterocycles. The van der Waals surface area contributed by atoms with Gasteiger partial charge in [-0.1, -0.05) is 29.8 Å². The van der Waals surface area contributed by atoms with Crippen molar-refractivity contribution in [3.05, 3.63) is 42.0 Å². The predicted molar refractivity (Wildman–Crippen MR) is 73.2 cm³/mol. The fourth-order valence-corrected chi connectivity index (χ4v) is 3.68. The lowest BCUT2D eigenvalue weighted by molar-refractivity contribution is -0.108. The van der Waals surface area contributed by atoms with Crippen LogP contribution in [0.1, 0.15) is 12.0 Å². The van der Waals surface area contributed by atoms with E-state index in [1.165, 1.54) is 4.31 Å². The highest BCUT2D eigenvalue weighted by Gasteiger charge is 2.34. The van der Waals surface area contributed by atoms with Gasteiger partial charge in [0.25, 0.3) is 0 Å². The fourth-order valence-electron chi connectivity index (χ4n) is 2.19. The molecule has 1 heterocycles. The Morgan fingerprint density at radius 2 is 2.00 bits per heavy atom. The van der Waals surface area contributed by atoms with Crippen LogP contribution < -0.4 is 0 Å². The maximum Gasteiger partial charge on any atom is 0.243 e. The highest BCUT2D eigenvalue weighted by molar-refractivity contribution is 7.89. The van der Waals surface area contributed by atoms with Gasteiger partial charge in [0.1, 0.15) is 6.29 Å². The Kier molecular flexibility index (Phi) is 3.87. The summed E-state index contributed by atoms with van der Waals surface area (Å²) in [4.78, 5) is 10.9. The van der Waals surface area contributed by atoms with Crippen LogP contribution in [0, 0.1) is 12.8 Å². The van der Waals surface area contributed by atoms with E-state index in [9.17, 15) is 13.2 Å². The van der Waals surface area contributed by atoms with E-state index in [1.54, 1.807) is 24.3 Å². The fraction of sp³-hybridized carbons (Fsp3) is 0.357. The van der Waals surface area contributed by atoms with Gasteiger partial charge < -0.3 is 4.79 Å². The molecule has 1 aliphatic rings. The predicted octanol–water partition coefficient (Wildman–Crippen LogP) is 1.76. The van der Waals surface area contributed by atoms with Gasteiger partial charge in [-0.25, -0.2) is 8.42 Å². The van der Waals surface area contributed by atoms with Crippen molar-refractivity contribution in [2.24, 2.45) is 5.92 Å². The molecule has 2 rings (SSSR count). The summed E-state index contributed by atoms with van der Waals surface area (Å²) < 4.78 is 26.3. The lowest BCUT2D eigenvalue weighted by atomic mass is 10.0. The van der Waals surface area contributed by atoms with Gasteiger partial charge in [0.05, 0.1) is 4.90 Å². The van der Waals surface area contributed by atoms with E-state index in [1.807, 2.05) is 6.92 Å². The number of carbonyl (C=O) groups is 1. The molecule has 0 aromatic heterocycles. The lowest BCUT2D eigenvalue weighted by Gasteiger charge is -2.15.